The topological polar surface area (TPSA) is 61.6 Å². The Balaban J connectivity index is 2.62. The lowest BCUT2D eigenvalue weighted by Gasteiger charge is -2.36. The van der Waals surface area contributed by atoms with Crippen LogP contribution < -0.4 is 11.1 Å². The smallest absolute Gasteiger partial charge is 0.239 e. The maximum atomic E-state index is 11.9. The molecule has 1 aliphatic rings. The van der Waals surface area contributed by atoms with Gasteiger partial charge in [-0.25, -0.2) is 0 Å². The highest BCUT2D eigenvalue weighted by molar-refractivity contribution is 5.86. The van der Waals surface area contributed by atoms with Crippen molar-refractivity contribution in [1.82, 2.24) is 15.1 Å². The zero-order valence-corrected chi connectivity index (χ0v) is 12.2. The first-order valence-electron chi connectivity index (χ1n) is 6.80. The Hall–Kier alpha value is -0.650. The van der Waals surface area contributed by atoms with Gasteiger partial charge in [0.1, 0.15) is 5.54 Å². The molecule has 5 nitrogen and oxygen atoms in total. The summed E-state index contributed by atoms with van der Waals surface area (Å²) in [6, 6.07) is 0. The molecule has 0 aromatic rings. The molecule has 1 rings (SSSR count). The number of hydrogen-bond donors (Lipinski definition) is 2. The summed E-state index contributed by atoms with van der Waals surface area (Å²) in [5, 5.41) is 3.35. The Kier molecular flexibility index (Phi) is 5.56. The standard InChI is InChI=1S/C13H28N4O/c1-5-15-13(12(14)18,11-6-7-11)10-17(4)9-8-16(2)3/h11,15H,5-10H2,1-4H3,(H2,14,18). The second-order valence-electron chi connectivity index (χ2n) is 5.68. The highest BCUT2D eigenvalue weighted by atomic mass is 16.1. The van der Waals surface area contributed by atoms with E-state index < -0.39 is 5.54 Å². The van der Waals surface area contributed by atoms with Crippen molar-refractivity contribution < 1.29 is 4.79 Å². The lowest BCUT2D eigenvalue weighted by molar-refractivity contribution is -0.126. The molecule has 0 heterocycles. The van der Waals surface area contributed by atoms with Crippen LogP contribution in [-0.4, -0.2) is 68.6 Å². The number of hydrogen-bond acceptors (Lipinski definition) is 4. The molecule has 0 bridgehead atoms. The minimum Gasteiger partial charge on any atom is -0.368 e. The molecule has 1 atom stereocenters. The number of nitrogens with two attached hydrogens (primary N) is 1. The molecule has 1 saturated carbocycles. The Morgan fingerprint density at radius 1 is 1.33 bits per heavy atom. The van der Waals surface area contributed by atoms with Crippen LogP contribution in [0.2, 0.25) is 0 Å². The highest BCUT2D eigenvalue weighted by Crippen LogP contribution is 2.40. The fourth-order valence-corrected chi connectivity index (χ4v) is 2.46. The van der Waals surface area contributed by atoms with Crippen LogP contribution in [0.15, 0.2) is 0 Å². The first-order valence-corrected chi connectivity index (χ1v) is 6.80. The number of primary amides is 1. The van der Waals surface area contributed by atoms with E-state index in [4.69, 9.17) is 5.73 Å². The van der Waals surface area contributed by atoms with Gasteiger partial charge in [0.05, 0.1) is 0 Å². The maximum Gasteiger partial charge on any atom is 0.239 e. The second-order valence-corrected chi connectivity index (χ2v) is 5.68. The summed E-state index contributed by atoms with van der Waals surface area (Å²) in [6.45, 7) is 5.44. The third-order valence-corrected chi connectivity index (χ3v) is 3.65. The van der Waals surface area contributed by atoms with Crippen molar-refractivity contribution >= 4 is 5.91 Å². The molecule has 1 fully saturated rings. The van der Waals surface area contributed by atoms with Gasteiger partial charge in [0.15, 0.2) is 0 Å². The van der Waals surface area contributed by atoms with Crippen LogP contribution in [0, 0.1) is 5.92 Å². The zero-order valence-electron chi connectivity index (χ0n) is 12.2. The number of likely N-dealkylation sites (N-methyl/N-ethyl adjacent to an activating group) is 3. The Labute approximate surface area is 111 Å². The van der Waals surface area contributed by atoms with Gasteiger partial charge in [0.25, 0.3) is 0 Å². The third kappa shape index (κ3) is 3.93. The largest absolute Gasteiger partial charge is 0.368 e. The van der Waals surface area contributed by atoms with Crippen molar-refractivity contribution in [2.45, 2.75) is 25.3 Å². The quantitative estimate of drug-likeness (QED) is 0.596. The van der Waals surface area contributed by atoms with Crippen LogP contribution in [0.4, 0.5) is 0 Å². The molecule has 5 heteroatoms. The molecule has 0 aliphatic heterocycles. The Morgan fingerprint density at radius 3 is 2.33 bits per heavy atom. The van der Waals surface area contributed by atoms with E-state index in [0.29, 0.717) is 12.5 Å². The van der Waals surface area contributed by atoms with Gasteiger partial charge >= 0.3 is 0 Å². The number of nitrogens with zero attached hydrogens (tertiary/aromatic N) is 2. The van der Waals surface area contributed by atoms with Crippen LogP contribution in [0.25, 0.3) is 0 Å². The van der Waals surface area contributed by atoms with E-state index in [2.05, 4.69) is 36.3 Å². The van der Waals surface area contributed by atoms with E-state index in [9.17, 15) is 4.79 Å². The van der Waals surface area contributed by atoms with Gasteiger partial charge in [-0.15, -0.1) is 0 Å². The Morgan fingerprint density at radius 2 is 1.94 bits per heavy atom. The number of nitrogens with one attached hydrogen (secondary N) is 1. The summed E-state index contributed by atoms with van der Waals surface area (Å²) in [5.74, 6) is 0.209. The van der Waals surface area contributed by atoms with Crippen molar-refractivity contribution in [3.05, 3.63) is 0 Å². The summed E-state index contributed by atoms with van der Waals surface area (Å²) in [7, 11) is 6.17. The molecule has 0 saturated heterocycles. The SMILES string of the molecule is CCNC(CN(C)CCN(C)C)(C(N)=O)C1CC1. The molecule has 18 heavy (non-hydrogen) atoms. The molecule has 1 aliphatic carbocycles. The van der Waals surface area contributed by atoms with Crippen LogP contribution in [0.1, 0.15) is 19.8 Å². The molecule has 1 amide bonds. The molecular formula is C13H28N4O. The maximum absolute atomic E-state index is 11.9. The number of carbonyl (C=O) groups is 1. The predicted molar refractivity (Wildman–Crippen MR) is 74.4 cm³/mol. The van der Waals surface area contributed by atoms with Crippen molar-refractivity contribution in [3.63, 3.8) is 0 Å². The summed E-state index contributed by atoms with van der Waals surface area (Å²) in [5.41, 5.74) is 5.13. The molecule has 0 spiro atoms. The first-order chi connectivity index (χ1) is 8.42. The minimum atomic E-state index is -0.532. The fourth-order valence-electron chi connectivity index (χ4n) is 2.46. The van der Waals surface area contributed by atoms with E-state index in [-0.39, 0.29) is 5.91 Å². The summed E-state index contributed by atoms with van der Waals surface area (Å²) >= 11 is 0. The summed E-state index contributed by atoms with van der Waals surface area (Å²) in [4.78, 5) is 16.2. The lowest BCUT2D eigenvalue weighted by Crippen LogP contribution is -2.63. The van der Waals surface area contributed by atoms with E-state index >= 15 is 0 Å². The average Bonchev–Trinajstić information content (AvgIpc) is 3.09. The van der Waals surface area contributed by atoms with Crippen molar-refractivity contribution in [1.29, 1.82) is 0 Å². The van der Waals surface area contributed by atoms with Crippen molar-refractivity contribution in [3.8, 4) is 0 Å². The normalized spacial score (nSPS) is 19.2. The van der Waals surface area contributed by atoms with Gasteiger partial charge in [-0.3, -0.25) is 4.79 Å². The van der Waals surface area contributed by atoms with Crippen LogP contribution in [-0.2, 0) is 4.79 Å². The molecule has 3 N–H and O–H groups in total. The summed E-state index contributed by atoms with van der Waals surface area (Å²) < 4.78 is 0. The predicted octanol–water partition coefficient (Wildman–Crippen LogP) is -0.277. The number of amides is 1. The first kappa shape index (κ1) is 15.4. The third-order valence-electron chi connectivity index (χ3n) is 3.65. The summed E-state index contributed by atoms with van der Waals surface area (Å²) in [6.07, 6.45) is 2.22. The fraction of sp³-hybridized carbons (Fsp3) is 0.923. The van der Waals surface area contributed by atoms with Gasteiger partial charge in [-0.05, 0) is 46.4 Å². The van der Waals surface area contributed by atoms with E-state index in [1.165, 1.54) is 0 Å². The van der Waals surface area contributed by atoms with E-state index in [1.807, 2.05) is 6.92 Å². The van der Waals surface area contributed by atoms with Gasteiger partial charge in [-0.1, -0.05) is 6.92 Å². The molecule has 0 radical (unpaired) electrons. The van der Waals surface area contributed by atoms with Crippen molar-refractivity contribution in [2.75, 3.05) is 47.3 Å². The second kappa shape index (κ2) is 6.50. The molecular weight excluding hydrogens is 228 g/mol. The van der Waals surface area contributed by atoms with Gasteiger partial charge in [0, 0.05) is 19.6 Å². The number of carbonyl (C=O) groups excluding carboxylic acids is 1. The Bertz CT molecular complexity index is 278. The molecule has 0 aromatic heterocycles. The van der Waals surface area contributed by atoms with Gasteiger partial charge in [-0.2, -0.15) is 0 Å². The van der Waals surface area contributed by atoms with E-state index in [0.717, 1.165) is 32.5 Å². The molecule has 106 valence electrons. The monoisotopic (exact) mass is 256 g/mol. The lowest BCUT2D eigenvalue weighted by atomic mass is 9.91. The average molecular weight is 256 g/mol. The van der Waals surface area contributed by atoms with Gasteiger partial charge in [0.2, 0.25) is 5.91 Å². The van der Waals surface area contributed by atoms with Crippen molar-refractivity contribution in [2.24, 2.45) is 11.7 Å². The van der Waals surface area contributed by atoms with E-state index in [1.54, 1.807) is 0 Å². The van der Waals surface area contributed by atoms with Crippen LogP contribution >= 0.6 is 0 Å². The van der Waals surface area contributed by atoms with Gasteiger partial charge < -0.3 is 20.9 Å². The van der Waals surface area contributed by atoms with Crippen LogP contribution in [0.3, 0.4) is 0 Å². The highest BCUT2D eigenvalue weighted by Gasteiger charge is 2.49. The zero-order chi connectivity index (χ0) is 13.8. The number of rotatable bonds is 9. The van der Waals surface area contributed by atoms with Crippen LogP contribution in [0.5, 0.6) is 0 Å². The molecule has 1 unspecified atom stereocenters. The minimum absolute atomic E-state index is 0.205. The molecule has 0 aromatic carbocycles.